The molecular formula is C13H19N3O4. The minimum Gasteiger partial charge on any atom is -0.477 e. The Morgan fingerprint density at radius 2 is 2.25 bits per heavy atom. The predicted octanol–water partition coefficient (Wildman–Crippen LogP) is 0.150. The first-order valence-electron chi connectivity index (χ1n) is 6.25. The minimum absolute atomic E-state index is 0.0312. The highest BCUT2D eigenvalue weighted by molar-refractivity contribution is 5.85. The van der Waals surface area contributed by atoms with E-state index in [1.165, 1.54) is 12.3 Å². The quantitative estimate of drug-likeness (QED) is 0.584. The van der Waals surface area contributed by atoms with Gasteiger partial charge in [0, 0.05) is 26.5 Å². The van der Waals surface area contributed by atoms with Crippen LogP contribution in [0.25, 0.3) is 0 Å². The second-order valence-electron chi connectivity index (χ2n) is 4.32. The fourth-order valence-corrected chi connectivity index (χ4v) is 1.55. The smallest absolute Gasteiger partial charge is 0.354 e. The summed E-state index contributed by atoms with van der Waals surface area (Å²) in [5.41, 5.74) is 6.41. The summed E-state index contributed by atoms with van der Waals surface area (Å²) in [5.74, 6) is -1.33. The number of carboxylic acids is 1. The normalized spacial score (nSPS) is 11.9. The molecule has 1 unspecified atom stereocenters. The van der Waals surface area contributed by atoms with Crippen LogP contribution in [0.2, 0.25) is 0 Å². The monoisotopic (exact) mass is 281 g/mol. The van der Waals surface area contributed by atoms with Crippen molar-refractivity contribution in [3.8, 4) is 0 Å². The van der Waals surface area contributed by atoms with Crippen LogP contribution in [0.3, 0.4) is 0 Å². The van der Waals surface area contributed by atoms with Crippen LogP contribution in [0.4, 0.5) is 0 Å². The predicted molar refractivity (Wildman–Crippen MR) is 72.1 cm³/mol. The SMILES string of the molecule is COCCCC(N)C(=O)NCc1ccc(C(=O)O)nc1. The Morgan fingerprint density at radius 3 is 2.80 bits per heavy atom. The number of aromatic carboxylic acids is 1. The molecule has 20 heavy (non-hydrogen) atoms. The summed E-state index contributed by atoms with van der Waals surface area (Å²) < 4.78 is 4.89. The summed E-state index contributed by atoms with van der Waals surface area (Å²) in [6.45, 7) is 0.839. The van der Waals surface area contributed by atoms with E-state index < -0.39 is 12.0 Å². The minimum atomic E-state index is -1.08. The molecule has 7 nitrogen and oxygen atoms in total. The summed E-state index contributed by atoms with van der Waals surface area (Å²) >= 11 is 0. The standard InChI is InChI=1S/C13H19N3O4/c1-20-6-2-3-10(14)12(17)16-8-9-4-5-11(13(18)19)15-7-9/h4-5,7,10H,2-3,6,8,14H2,1H3,(H,16,17)(H,18,19). The highest BCUT2D eigenvalue weighted by Crippen LogP contribution is 2.01. The van der Waals surface area contributed by atoms with Gasteiger partial charge in [-0.05, 0) is 24.5 Å². The maximum Gasteiger partial charge on any atom is 0.354 e. The molecule has 0 bridgehead atoms. The topological polar surface area (TPSA) is 115 Å². The number of aromatic nitrogens is 1. The van der Waals surface area contributed by atoms with E-state index in [1.54, 1.807) is 13.2 Å². The molecule has 110 valence electrons. The van der Waals surface area contributed by atoms with Gasteiger partial charge in [0.15, 0.2) is 0 Å². The number of amides is 1. The first-order chi connectivity index (χ1) is 9.54. The third-order valence-corrected chi connectivity index (χ3v) is 2.71. The van der Waals surface area contributed by atoms with Crippen molar-refractivity contribution < 1.29 is 19.4 Å². The average Bonchev–Trinajstić information content (AvgIpc) is 2.45. The summed E-state index contributed by atoms with van der Waals surface area (Å²) in [5, 5.41) is 11.4. The lowest BCUT2D eigenvalue weighted by molar-refractivity contribution is -0.122. The molecule has 1 heterocycles. The molecule has 0 saturated carbocycles. The number of rotatable bonds is 8. The molecule has 0 aliphatic carbocycles. The maximum atomic E-state index is 11.7. The average molecular weight is 281 g/mol. The molecule has 1 aromatic heterocycles. The summed E-state index contributed by atoms with van der Waals surface area (Å²) in [6.07, 6.45) is 2.69. The van der Waals surface area contributed by atoms with E-state index in [0.717, 1.165) is 6.42 Å². The van der Waals surface area contributed by atoms with Crippen molar-refractivity contribution in [2.75, 3.05) is 13.7 Å². The summed E-state index contributed by atoms with van der Waals surface area (Å²) in [6, 6.07) is 2.42. The van der Waals surface area contributed by atoms with Crippen molar-refractivity contribution in [1.82, 2.24) is 10.3 Å². The molecule has 4 N–H and O–H groups in total. The number of ether oxygens (including phenoxy) is 1. The zero-order valence-electron chi connectivity index (χ0n) is 11.3. The van der Waals surface area contributed by atoms with Gasteiger partial charge in [0.1, 0.15) is 5.69 Å². The van der Waals surface area contributed by atoms with Crippen molar-refractivity contribution in [3.05, 3.63) is 29.6 Å². The Labute approximate surface area is 117 Å². The Hall–Kier alpha value is -1.99. The second-order valence-corrected chi connectivity index (χ2v) is 4.32. The molecule has 0 fully saturated rings. The lowest BCUT2D eigenvalue weighted by Gasteiger charge is -2.11. The Balaban J connectivity index is 2.38. The van der Waals surface area contributed by atoms with Crippen molar-refractivity contribution in [1.29, 1.82) is 0 Å². The number of nitrogens with two attached hydrogens (primary N) is 1. The zero-order chi connectivity index (χ0) is 15.0. The van der Waals surface area contributed by atoms with Crippen LogP contribution in [-0.2, 0) is 16.1 Å². The van der Waals surface area contributed by atoms with Gasteiger partial charge in [0.2, 0.25) is 5.91 Å². The number of pyridine rings is 1. The van der Waals surface area contributed by atoms with Gasteiger partial charge in [0.25, 0.3) is 0 Å². The first kappa shape index (κ1) is 16.1. The van der Waals surface area contributed by atoms with Crippen LogP contribution < -0.4 is 11.1 Å². The van der Waals surface area contributed by atoms with Gasteiger partial charge < -0.3 is 20.9 Å². The number of nitrogens with one attached hydrogen (secondary N) is 1. The van der Waals surface area contributed by atoms with E-state index in [1.807, 2.05) is 0 Å². The molecule has 0 aliphatic heterocycles. The molecule has 1 aromatic rings. The summed E-state index contributed by atoms with van der Waals surface area (Å²) in [7, 11) is 1.60. The van der Waals surface area contributed by atoms with Gasteiger partial charge in [0.05, 0.1) is 6.04 Å². The number of nitrogens with zero attached hydrogens (tertiary/aromatic N) is 1. The second kappa shape index (κ2) is 8.23. The highest BCUT2D eigenvalue weighted by Gasteiger charge is 2.12. The van der Waals surface area contributed by atoms with Crippen molar-refractivity contribution in [2.24, 2.45) is 5.73 Å². The van der Waals surface area contributed by atoms with Gasteiger partial charge in [-0.25, -0.2) is 9.78 Å². The number of carboxylic acid groups (broad SMARTS) is 1. The van der Waals surface area contributed by atoms with Crippen LogP contribution in [-0.4, -0.2) is 41.7 Å². The van der Waals surface area contributed by atoms with Gasteiger partial charge >= 0.3 is 5.97 Å². The molecule has 0 radical (unpaired) electrons. The van der Waals surface area contributed by atoms with Gasteiger partial charge in [-0.1, -0.05) is 6.07 Å². The van der Waals surface area contributed by atoms with Crippen LogP contribution in [0.1, 0.15) is 28.9 Å². The largest absolute Gasteiger partial charge is 0.477 e. The lowest BCUT2D eigenvalue weighted by atomic mass is 10.1. The number of methoxy groups -OCH3 is 1. The lowest BCUT2D eigenvalue weighted by Crippen LogP contribution is -2.40. The molecule has 1 amide bonds. The number of hydrogen-bond acceptors (Lipinski definition) is 5. The Bertz CT molecular complexity index is 447. The molecule has 0 saturated heterocycles. The van der Waals surface area contributed by atoms with Gasteiger partial charge in [-0.15, -0.1) is 0 Å². The van der Waals surface area contributed by atoms with Crippen LogP contribution >= 0.6 is 0 Å². The summed E-state index contributed by atoms with van der Waals surface area (Å²) in [4.78, 5) is 26.1. The number of carbonyl (C=O) groups excluding carboxylic acids is 1. The van der Waals surface area contributed by atoms with E-state index in [0.29, 0.717) is 18.6 Å². The zero-order valence-corrected chi connectivity index (χ0v) is 11.3. The molecule has 7 heteroatoms. The molecule has 0 spiro atoms. The third-order valence-electron chi connectivity index (χ3n) is 2.71. The fourth-order valence-electron chi connectivity index (χ4n) is 1.55. The van der Waals surface area contributed by atoms with Gasteiger partial charge in [-0.3, -0.25) is 4.79 Å². The molecule has 1 rings (SSSR count). The van der Waals surface area contributed by atoms with Crippen molar-refractivity contribution in [2.45, 2.75) is 25.4 Å². The van der Waals surface area contributed by atoms with Gasteiger partial charge in [-0.2, -0.15) is 0 Å². The number of carbonyl (C=O) groups is 2. The van der Waals surface area contributed by atoms with Crippen molar-refractivity contribution in [3.63, 3.8) is 0 Å². The fraction of sp³-hybridized carbons (Fsp3) is 0.462. The molecule has 0 aliphatic rings. The molecule has 0 aromatic carbocycles. The van der Waals surface area contributed by atoms with E-state index in [2.05, 4.69) is 10.3 Å². The molecule has 1 atom stereocenters. The third kappa shape index (κ3) is 5.33. The number of hydrogen-bond donors (Lipinski definition) is 3. The Morgan fingerprint density at radius 1 is 1.50 bits per heavy atom. The van der Waals surface area contributed by atoms with Crippen LogP contribution in [0, 0.1) is 0 Å². The maximum absolute atomic E-state index is 11.7. The van der Waals surface area contributed by atoms with Crippen LogP contribution in [0.5, 0.6) is 0 Å². The molecular weight excluding hydrogens is 262 g/mol. The van der Waals surface area contributed by atoms with E-state index in [4.69, 9.17) is 15.6 Å². The van der Waals surface area contributed by atoms with E-state index in [-0.39, 0.29) is 18.1 Å². The van der Waals surface area contributed by atoms with Crippen LogP contribution in [0.15, 0.2) is 18.3 Å². The Kier molecular flexibility index (Phi) is 6.61. The van der Waals surface area contributed by atoms with E-state index >= 15 is 0 Å². The highest BCUT2D eigenvalue weighted by atomic mass is 16.5. The first-order valence-corrected chi connectivity index (χ1v) is 6.25. The van der Waals surface area contributed by atoms with E-state index in [9.17, 15) is 9.59 Å². The van der Waals surface area contributed by atoms with Crippen molar-refractivity contribution >= 4 is 11.9 Å².